The SMILES string of the molecule is Cn1c(=O)n(Cc2ccc(Cl)cc2)c(=O)c2cc(C(=O)OCc3ccccc3)sc21. The van der Waals surface area contributed by atoms with Crippen molar-refractivity contribution in [2.24, 2.45) is 7.05 Å². The van der Waals surface area contributed by atoms with E-state index in [1.807, 2.05) is 30.3 Å². The van der Waals surface area contributed by atoms with Crippen LogP contribution in [0.15, 0.2) is 70.3 Å². The van der Waals surface area contributed by atoms with Crippen LogP contribution in [0.25, 0.3) is 10.2 Å². The van der Waals surface area contributed by atoms with Crippen LogP contribution < -0.4 is 11.2 Å². The Bertz CT molecular complexity index is 1340. The zero-order valence-electron chi connectivity index (χ0n) is 16.0. The molecule has 0 amide bonds. The van der Waals surface area contributed by atoms with Crippen LogP contribution in [-0.2, 0) is 24.9 Å². The number of ether oxygens (including phenoxy) is 1. The van der Waals surface area contributed by atoms with Gasteiger partial charge in [-0.1, -0.05) is 54.1 Å². The van der Waals surface area contributed by atoms with Crippen molar-refractivity contribution >= 4 is 39.1 Å². The number of carbonyl (C=O) groups is 1. The van der Waals surface area contributed by atoms with E-state index in [9.17, 15) is 14.4 Å². The summed E-state index contributed by atoms with van der Waals surface area (Å²) in [7, 11) is 1.58. The number of rotatable bonds is 5. The van der Waals surface area contributed by atoms with E-state index >= 15 is 0 Å². The van der Waals surface area contributed by atoms with E-state index in [0.29, 0.717) is 15.2 Å². The number of esters is 1. The van der Waals surface area contributed by atoms with Crippen LogP contribution >= 0.6 is 22.9 Å². The fraction of sp³-hybridized carbons (Fsp3) is 0.136. The van der Waals surface area contributed by atoms with Crippen LogP contribution in [0, 0.1) is 0 Å². The maximum Gasteiger partial charge on any atom is 0.348 e. The summed E-state index contributed by atoms with van der Waals surface area (Å²) >= 11 is 6.97. The summed E-state index contributed by atoms with van der Waals surface area (Å²) in [5.74, 6) is -0.531. The highest BCUT2D eigenvalue weighted by atomic mass is 35.5. The third kappa shape index (κ3) is 3.94. The van der Waals surface area contributed by atoms with Gasteiger partial charge in [-0.2, -0.15) is 0 Å². The third-order valence-electron chi connectivity index (χ3n) is 4.68. The Morgan fingerprint density at radius 1 is 1.03 bits per heavy atom. The number of fused-ring (bicyclic) bond motifs is 1. The predicted molar refractivity (Wildman–Crippen MR) is 117 cm³/mol. The quantitative estimate of drug-likeness (QED) is 0.442. The zero-order valence-corrected chi connectivity index (χ0v) is 17.6. The first kappa shape index (κ1) is 20.1. The van der Waals surface area contributed by atoms with Crippen LogP contribution in [-0.4, -0.2) is 15.1 Å². The largest absolute Gasteiger partial charge is 0.457 e. The van der Waals surface area contributed by atoms with Gasteiger partial charge in [-0.25, -0.2) is 9.59 Å². The Labute approximate surface area is 180 Å². The van der Waals surface area contributed by atoms with Gasteiger partial charge in [0, 0.05) is 12.1 Å². The highest BCUT2D eigenvalue weighted by Gasteiger charge is 2.19. The van der Waals surface area contributed by atoms with Gasteiger partial charge in [-0.05, 0) is 29.3 Å². The molecule has 2 aromatic carbocycles. The van der Waals surface area contributed by atoms with Gasteiger partial charge in [0.15, 0.2) is 0 Å². The molecule has 0 unspecified atom stereocenters. The van der Waals surface area contributed by atoms with Gasteiger partial charge in [0.2, 0.25) is 0 Å². The minimum atomic E-state index is -0.531. The monoisotopic (exact) mass is 440 g/mol. The summed E-state index contributed by atoms with van der Waals surface area (Å²) in [5.41, 5.74) is 0.746. The van der Waals surface area contributed by atoms with Crippen LogP contribution in [0.1, 0.15) is 20.8 Å². The molecule has 8 heteroatoms. The summed E-state index contributed by atoms with van der Waals surface area (Å²) in [6.07, 6.45) is 0. The number of carbonyl (C=O) groups excluding carboxylic acids is 1. The lowest BCUT2D eigenvalue weighted by atomic mass is 10.2. The Hall–Kier alpha value is -3.16. The molecule has 0 N–H and O–H groups in total. The van der Waals surface area contributed by atoms with Gasteiger partial charge in [-0.15, -0.1) is 11.3 Å². The molecule has 0 atom stereocenters. The molecule has 2 heterocycles. The van der Waals surface area contributed by atoms with Gasteiger partial charge in [0.1, 0.15) is 16.3 Å². The smallest absolute Gasteiger partial charge is 0.348 e. The molecule has 4 aromatic rings. The standard InChI is InChI=1S/C22H17ClN2O4S/c1-24-20-17(11-18(30-20)21(27)29-13-15-5-3-2-4-6-15)19(26)25(22(24)28)12-14-7-9-16(23)10-8-14/h2-11H,12-13H2,1H3. The second kappa shape index (κ2) is 8.30. The second-order valence-electron chi connectivity index (χ2n) is 6.75. The number of benzene rings is 2. The van der Waals surface area contributed by atoms with Crippen molar-refractivity contribution < 1.29 is 9.53 Å². The first-order valence-corrected chi connectivity index (χ1v) is 10.3. The number of aromatic nitrogens is 2. The second-order valence-corrected chi connectivity index (χ2v) is 8.22. The molecular formula is C22H17ClN2O4S. The van der Waals surface area contributed by atoms with E-state index in [4.69, 9.17) is 16.3 Å². The topological polar surface area (TPSA) is 70.3 Å². The van der Waals surface area contributed by atoms with Crippen molar-refractivity contribution in [3.05, 3.63) is 103 Å². The maximum atomic E-state index is 13.0. The van der Waals surface area contributed by atoms with Crippen LogP contribution in [0.4, 0.5) is 0 Å². The van der Waals surface area contributed by atoms with Crippen molar-refractivity contribution in [1.29, 1.82) is 0 Å². The summed E-state index contributed by atoms with van der Waals surface area (Å²) in [6, 6.07) is 17.8. The molecule has 0 spiro atoms. The van der Waals surface area contributed by atoms with E-state index < -0.39 is 17.2 Å². The molecule has 0 bridgehead atoms. The Morgan fingerprint density at radius 3 is 2.43 bits per heavy atom. The Kier molecular flexibility index (Phi) is 5.57. The third-order valence-corrected chi connectivity index (χ3v) is 6.12. The fourth-order valence-electron chi connectivity index (χ4n) is 3.09. The van der Waals surface area contributed by atoms with E-state index in [-0.39, 0.29) is 18.0 Å². The van der Waals surface area contributed by atoms with Crippen LogP contribution in [0.2, 0.25) is 5.02 Å². The Morgan fingerprint density at radius 2 is 1.73 bits per heavy atom. The normalized spacial score (nSPS) is 11.0. The molecule has 4 rings (SSSR count). The summed E-state index contributed by atoms with van der Waals surface area (Å²) < 4.78 is 7.88. The van der Waals surface area contributed by atoms with E-state index in [2.05, 4.69) is 0 Å². The number of halogens is 1. The molecule has 0 fully saturated rings. The lowest BCUT2D eigenvalue weighted by Gasteiger charge is -2.08. The Balaban J connectivity index is 1.67. The van der Waals surface area contributed by atoms with Crippen molar-refractivity contribution in [1.82, 2.24) is 9.13 Å². The van der Waals surface area contributed by atoms with E-state index in [1.54, 1.807) is 31.3 Å². The highest BCUT2D eigenvalue weighted by Crippen LogP contribution is 2.23. The van der Waals surface area contributed by atoms with E-state index in [0.717, 1.165) is 27.0 Å². The molecule has 2 aromatic heterocycles. The van der Waals surface area contributed by atoms with Crippen molar-refractivity contribution in [2.75, 3.05) is 0 Å². The van der Waals surface area contributed by atoms with Crippen LogP contribution in [0.3, 0.4) is 0 Å². The molecule has 6 nitrogen and oxygen atoms in total. The van der Waals surface area contributed by atoms with Crippen molar-refractivity contribution in [2.45, 2.75) is 13.2 Å². The predicted octanol–water partition coefficient (Wildman–Crippen LogP) is 3.82. The zero-order chi connectivity index (χ0) is 21.3. The van der Waals surface area contributed by atoms with E-state index in [1.165, 1.54) is 10.6 Å². The average Bonchev–Trinajstić information content (AvgIpc) is 3.21. The molecule has 30 heavy (non-hydrogen) atoms. The molecule has 0 aliphatic heterocycles. The first-order valence-electron chi connectivity index (χ1n) is 9.13. The van der Waals surface area contributed by atoms with Gasteiger partial charge in [-0.3, -0.25) is 13.9 Å². The van der Waals surface area contributed by atoms with Gasteiger partial charge in [0.25, 0.3) is 5.56 Å². The highest BCUT2D eigenvalue weighted by molar-refractivity contribution is 7.20. The number of hydrogen-bond donors (Lipinski definition) is 0. The van der Waals surface area contributed by atoms with Crippen molar-refractivity contribution in [3.63, 3.8) is 0 Å². The molecule has 0 aliphatic rings. The van der Waals surface area contributed by atoms with Crippen LogP contribution in [0.5, 0.6) is 0 Å². The first-order chi connectivity index (χ1) is 14.4. The average molecular weight is 441 g/mol. The minimum Gasteiger partial charge on any atom is -0.457 e. The summed E-state index contributed by atoms with van der Waals surface area (Å²) in [4.78, 5) is 38.9. The van der Waals surface area contributed by atoms with Gasteiger partial charge < -0.3 is 4.74 Å². The van der Waals surface area contributed by atoms with Gasteiger partial charge >= 0.3 is 11.7 Å². The molecule has 0 aliphatic carbocycles. The number of hydrogen-bond acceptors (Lipinski definition) is 5. The maximum absolute atomic E-state index is 13.0. The molecule has 0 saturated heterocycles. The number of thiophene rings is 1. The lowest BCUT2D eigenvalue weighted by molar-refractivity contribution is 0.0478. The van der Waals surface area contributed by atoms with Gasteiger partial charge in [0.05, 0.1) is 11.9 Å². The molecule has 152 valence electrons. The molecule has 0 saturated carbocycles. The minimum absolute atomic E-state index is 0.113. The van der Waals surface area contributed by atoms with Crippen molar-refractivity contribution in [3.8, 4) is 0 Å². The lowest BCUT2D eigenvalue weighted by Crippen LogP contribution is -2.38. The number of aryl methyl sites for hydroxylation is 1. The molecular weight excluding hydrogens is 424 g/mol. The number of nitrogens with zero attached hydrogens (tertiary/aromatic N) is 2. The summed E-state index contributed by atoms with van der Waals surface area (Å²) in [6.45, 7) is 0.246. The molecule has 0 radical (unpaired) electrons. The summed E-state index contributed by atoms with van der Waals surface area (Å²) in [5, 5.41) is 0.883. The fourth-order valence-corrected chi connectivity index (χ4v) is 4.22.